The highest BCUT2D eigenvalue weighted by Gasteiger charge is 2.45. The van der Waals surface area contributed by atoms with Crippen molar-refractivity contribution in [2.75, 3.05) is 31.5 Å². The van der Waals surface area contributed by atoms with Gasteiger partial charge in [0, 0.05) is 56.4 Å². The lowest BCUT2D eigenvalue weighted by Crippen LogP contribution is -2.42. The number of benzene rings is 2. The number of aliphatic carboxylic acids is 1. The fourth-order valence-corrected chi connectivity index (χ4v) is 8.31. The molecule has 0 radical (unpaired) electrons. The van der Waals surface area contributed by atoms with E-state index in [0.717, 1.165) is 46.2 Å². The van der Waals surface area contributed by atoms with Crippen molar-refractivity contribution in [2.45, 2.75) is 57.8 Å². The highest BCUT2D eigenvalue weighted by Crippen LogP contribution is 2.46. The van der Waals surface area contributed by atoms with E-state index < -0.39 is 17.1 Å². The Morgan fingerprint density at radius 1 is 1.11 bits per heavy atom. The van der Waals surface area contributed by atoms with E-state index in [1.54, 1.807) is 6.20 Å². The molecule has 2 unspecified atom stereocenters. The fraction of sp³-hybridized carbons (Fsp3) is 0.357. The Kier molecular flexibility index (Phi) is 8.85. The maximum absolute atomic E-state index is 11.6. The lowest BCUT2D eigenvalue weighted by atomic mass is 9.73. The van der Waals surface area contributed by atoms with Crippen LogP contribution in [-0.4, -0.2) is 72.7 Å². The topological polar surface area (TPSA) is 152 Å². The molecule has 0 spiro atoms. The molecule has 2 fully saturated rings. The van der Waals surface area contributed by atoms with Gasteiger partial charge >= 0.3 is 5.97 Å². The van der Waals surface area contributed by atoms with E-state index in [2.05, 4.69) is 65.4 Å². The number of fused-ring (bicyclic) bond motifs is 2. The number of allylic oxidation sites excluding steroid dienone is 2. The molecule has 3 aliphatic rings. The van der Waals surface area contributed by atoms with Crippen LogP contribution in [0.3, 0.4) is 0 Å². The van der Waals surface area contributed by atoms with E-state index in [4.69, 9.17) is 19.4 Å². The van der Waals surface area contributed by atoms with Crippen molar-refractivity contribution in [3.05, 3.63) is 113 Å². The number of likely N-dealkylation sites (tertiary alicyclic amines) is 2. The lowest BCUT2D eigenvalue weighted by Gasteiger charge is -2.39. The van der Waals surface area contributed by atoms with Gasteiger partial charge in [0.15, 0.2) is 11.4 Å². The van der Waals surface area contributed by atoms with Crippen molar-refractivity contribution < 1.29 is 19.4 Å². The molecule has 5 aromatic rings. The third-order valence-electron chi connectivity index (χ3n) is 11.2. The lowest BCUT2D eigenvalue weighted by molar-refractivity contribution is -0.141. The number of hydrogen-bond donors (Lipinski definition) is 3. The van der Waals surface area contributed by atoms with Crippen LogP contribution in [-0.2, 0) is 23.4 Å². The molecule has 53 heavy (non-hydrogen) atoms. The van der Waals surface area contributed by atoms with Gasteiger partial charge in [0.2, 0.25) is 5.89 Å². The Morgan fingerprint density at radius 3 is 2.70 bits per heavy atom. The maximum atomic E-state index is 11.6. The summed E-state index contributed by atoms with van der Waals surface area (Å²) in [4.78, 5) is 30.8. The summed E-state index contributed by atoms with van der Waals surface area (Å²) in [6.45, 7) is 9.95. The molecule has 3 N–H and O–H groups in total. The van der Waals surface area contributed by atoms with Gasteiger partial charge in [-0.1, -0.05) is 43.3 Å². The van der Waals surface area contributed by atoms with Crippen LogP contribution in [0.15, 0.2) is 83.6 Å². The maximum Gasteiger partial charge on any atom is 0.307 e. The summed E-state index contributed by atoms with van der Waals surface area (Å²) >= 11 is 0. The quantitative estimate of drug-likeness (QED) is 0.156. The van der Waals surface area contributed by atoms with Gasteiger partial charge in [-0.15, -0.1) is 0 Å². The number of carboxylic acids is 1. The molecule has 3 aromatic heterocycles. The van der Waals surface area contributed by atoms with Crippen molar-refractivity contribution in [3.8, 4) is 6.07 Å². The second-order valence-corrected chi connectivity index (χ2v) is 15.2. The Morgan fingerprint density at radius 2 is 1.94 bits per heavy atom. The third kappa shape index (κ3) is 6.59. The van der Waals surface area contributed by atoms with E-state index in [1.807, 2.05) is 49.5 Å². The molecule has 0 saturated carbocycles. The monoisotopic (exact) mass is 709 g/mol. The number of hydrogen-bond acceptors (Lipinski definition) is 10. The first-order chi connectivity index (χ1) is 25.5. The van der Waals surface area contributed by atoms with Crippen molar-refractivity contribution >= 4 is 39.4 Å². The summed E-state index contributed by atoms with van der Waals surface area (Å²) in [7, 11) is 0. The van der Waals surface area contributed by atoms with Crippen molar-refractivity contribution in [3.63, 3.8) is 0 Å². The summed E-state index contributed by atoms with van der Waals surface area (Å²) in [5.41, 5.74) is 5.65. The molecule has 4 atom stereocenters. The first-order valence-corrected chi connectivity index (χ1v) is 18.2. The number of carboxylic acid groups (broad SMARTS) is 1. The second kappa shape index (κ2) is 13.5. The molecular weight excluding hydrogens is 667 g/mol. The van der Waals surface area contributed by atoms with Crippen molar-refractivity contribution in [1.29, 1.82) is 5.26 Å². The first kappa shape index (κ1) is 34.7. The summed E-state index contributed by atoms with van der Waals surface area (Å²) in [6, 6.07) is 18.5. The largest absolute Gasteiger partial charge is 0.481 e. The Labute approximate surface area is 308 Å². The number of carbonyl (C=O) groups is 1. The second-order valence-electron chi connectivity index (χ2n) is 15.2. The molecule has 0 bridgehead atoms. The number of aliphatic hydroxyl groups is 1. The average Bonchev–Trinajstić information content (AvgIpc) is 3.88. The molecule has 8 rings (SSSR count). The van der Waals surface area contributed by atoms with Crippen LogP contribution in [0.25, 0.3) is 27.6 Å². The highest BCUT2D eigenvalue weighted by molar-refractivity contribution is 5.89. The van der Waals surface area contributed by atoms with Gasteiger partial charge in [-0.05, 0) is 91.4 Å². The van der Waals surface area contributed by atoms with E-state index in [9.17, 15) is 20.3 Å². The number of rotatable bonds is 9. The molecule has 11 heteroatoms. The minimum atomic E-state index is -1.02. The van der Waals surface area contributed by atoms with Gasteiger partial charge in [0.05, 0.1) is 17.1 Å². The summed E-state index contributed by atoms with van der Waals surface area (Å²) in [6.07, 6.45) is 11.2. The van der Waals surface area contributed by atoms with E-state index in [-0.39, 0.29) is 11.8 Å². The molecule has 2 aromatic carbocycles. The first-order valence-electron chi connectivity index (χ1n) is 18.2. The van der Waals surface area contributed by atoms with Crippen LogP contribution in [0, 0.1) is 30.1 Å². The smallest absolute Gasteiger partial charge is 0.307 e. The van der Waals surface area contributed by atoms with Crippen LogP contribution in [0.5, 0.6) is 0 Å². The Hall–Kier alpha value is -5.41. The van der Waals surface area contributed by atoms with Crippen LogP contribution < -0.4 is 5.32 Å². The van der Waals surface area contributed by atoms with Gasteiger partial charge in [-0.25, -0.2) is 9.97 Å². The standard InChI is InChI=1S/C42H43N7O4/c1-26-7-4-5-8-33(26)34-9-6-12-42(27(34)2,47-38-36-30(10-14-44-38)18-29(21-45-36)23-49-16-13-41(3,52)25-49)40-46-35-19-28(17-32(20-43)37(35)53-40)22-48-15-11-31(24-48)39(50)51/h4-10,12,14,17-19,21,27,31,52H,11,13,15-16,22-25H2,1-3H3,(H,44,47)(H,50,51)/t27?,31-,41-,42?/m1/s1. The van der Waals surface area contributed by atoms with E-state index >= 15 is 0 Å². The average molecular weight is 710 g/mol. The SMILES string of the molecule is Cc1ccccc1C1=CC=CC(Nc2nccc3cc(CN4CC[C@@](C)(O)C4)cnc23)(c2nc3cc(CN4CC[C@@H](C(=O)O)C4)cc(C#N)c3o2)C1C. The summed E-state index contributed by atoms with van der Waals surface area (Å²) in [5, 5.41) is 35.0. The number of nitriles is 1. The molecule has 2 aliphatic heterocycles. The number of anilines is 1. The van der Waals surface area contributed by atoms with Crippen LogP contribution >= 0.6 is 0 Å². The number of β-amino-alcohol motifs (C(OH)–C–C–N with tert-alkyl or cyclic N) is 1. The Balaban J connectivity index is 1.19. The molecule has 1 aliphatic carbocycles. The predicted molar refractivity (Wildman–Crippen MR) is 203 cm³/mol. The zero-order valence-electron chi connectivity index (χ0n) is 30.2. The van der Waals surface area contributed by atoms with Crippen molar-refractivity contribution in [1.82, 2.24) is 24.8 Å². The number of nitrogens with zero attached hydrogens (tertiary/aromatic N) is 6. The van der Waals surface area contributed by atoms with Gasteiger partial charge < -0.3 is 19.9 Å². The van der Waals surface area contributed by atoms with Crippen LogP contribution in [0.4, 0.5) is 5.82 Å². The molecule has 2 saturated heterocycles. The van der Waals surface area contributed by atoms with E-state index in [0.29, 0.717) is 73.0 Å². The number of nitrogens with one attached hydrogen (secondary N) is 1. The number of oxazole rings is 1. The number of aryl methyl sites for hydroxylation is 1. The van der Waals surface area contributed by atoms with Crippen LogP contribution in [0.2, 0.25) is 0 Å². The minimum absolute atomic E-state index is 0.205. The zero-order valence-corrected chi connectivity index (χ0v) is 30.2. The molecule has 5 heterocycles. The van der Waals surface area contributed by atoms with Gasteiger partial charge in [0.1, 0.15) is 22.6 Å². The molecular formula is C42H43N7O4. The summed E-state index contributed by atoms with van der Waals surface area (Å²) in [5.74, 6) is -0.398. The predicted octanol–water partition coefficient (Wildman–Crippen LogP) is 6.41. The minimum Gasteiger partial charge on any atom is -0.481 e. The number of aromatic nitrogens is 3. The summed E-state index contributed by atoms with van der Waals surface area (Å²) < 4.78 is 6.65. The van der Waals surface area contributed by atoms with Gasteiger partial charge in [0.25, 0.3) is 0 Å². The molecule has 0 amide bonds. The zero-order chi connectivity index (χ0) is 36.9. The molecule has 270 valence electrons. The van der Waals surface area contributed by atoms with Gasteiger partial charge in [-0.2, -0.15) is 5.26 Å². The molecule has 11 nitrogen and oxygen atoms in total. The normalized spacial score (nSPS) is 24.8. The highest BCUT2D eigenvalue weighted by atomic mass is 16.4. The third-order valence-corrected chi connectivity index (χ3v) is 11.2. The van der Waals surface area contributed by atoms with E-state index in [1.165, 1.54) is 0 Å². The van der Waals surface area contributed by atoms with Crippen LogP contribution in [0.1, 0.15) is 60.4 Å². The number of pyridine rings is 2. The van der Waals surface area contributed by atoms with Crippen molar-refractivity contribution in [2.24, 2.45) is 11.8 Å². The fourth-order valence-electron chi connectivity index (χ4n) is 8.31. The Bertz CT molecular complexity index is 2340. The van der Waals surface area contributed by atoms with Gasteiger partial charge in [-0.3, -0.25) is 19.6 Å².